The third-order valence-corrected chi connectivity index (χ3v) is 2.72. The molecule has 0 bridgehead atoms. The molecule has 0 aromatic carbocycles. The Bertz CT molecular complexity index is 709. The van der Waals surface area contributed by atoms with Crippen molar-refractivity contribution in [3.8, 4) is 5.75 Å². The number of nitrogens with zero attached hydrogens (tertiary/aromatic N) is 2. The Kier molecular flexibility index (Phi) is 3.79. The van der Waals surface area contributed by atoms with Crippen LogP contribution in [0.5, 0.6) is 5.75 Å². The van der Waals surface area contributed by atoms with Crippen molar-refractivity contribution in [1.29, 1.82) is 0 Å². The second kappa shape index (κ2) is 5.52. The van der Waals surface area contributed by atoms with E-state index in [0.717, 1.165) is 0 Å². The van der Waals surface area contributed by atoms with Crippen LogP contribution in [-0.4, -0.2) is 26.0 Å². The van der Waals surface area contributed by atoms with Gasteiger partial charge in [-0.15, -0.1) is 0 Å². The minimum atomic E-state index is -0.446. The van der Waals surface area contributed by atoms with Crippen molar-refractivity contribution < 1.29 is 9.90 Å². The first-order chi connectivity index (χ1) is 9.47. The maximum absolute atomic E-state index is 11.9. The molecule has 7 nitrogen and oxygen atoms in total. The zero-order chi connectivity index (χ0) is 14.7. The fraction of sp³-hybridized carbons (Fsp3) is 0.231. The summed E-state index contributed by atoms with van der Waals surface area (Å²) in [4.78, 5) is 34.2. The number of amides is 1. The van der Waals surface area contributed by atoms with E-state index in [0.29, 0.717) is 17.1 Å². The van der Waals surface area contributed by atoms with Gasteiger partial charge in [-0.25, -0.2) is 9.97 Å². The number of aromatic hydroxyl groups is 1. The lowest BCUT2D eigenvalue weighted by atomic mass is 10.1. The number of H-pyrrole nitrogens is 1. The van der Waals surface area contributed by atoms with E-state index < -0.39 is 5.91 Å². The zero-order valence-electron chi connectivity index (χ0n) is 11.1. The molecule has 2 aromatic heterocycles. The van der Waals surface area contributed by atoms with E-state index in [9.17, 15) is 14.7 Å². The van der Waals surface area contributed by atoms with Gasteiger partial charge in [0.25, 0.3) is 5.56 Å². The van der Waals surface area contributed by atoms with Crippen LogP contribution in [0.2, 0.25) is 0 Å². The number of nitrogens with one attached hydrogen (secondary N) is 2. The van der Waals surface area contributed by atoms with Crippen LogP contribution in [-0.2, 0) is 11.2 Å². The van der Waals surface area contributed by atoms with Crippen LogP contribution in [0.1, 0.15) is 17.1 Å². The van der Waals surface area contributed by atoms with Gasteiger partial charge in [-0.3, -0.25) is 9.59 Å². The van der Waals surface area contributed by atoms with Crippen LogP contribution in [0.25, 0.3) is 0 Å². The minimum absolute atomic E-state index is 0.0617. The number of hydrogen-bond donors (Lipinski definition) is 3. The van der Waals surface area contributed by atoms with Gasteiger partial charge in [0.05, 0.1) is 6.42 Å². The third kappa shape index (κ3) is 3.00. The molecule has 0 fully saturated rings. The highest BCUT2D eigenvalue weighted by Gasteiger charge is 2.13. The van der Waals surface area contributed by atoms with Crippen LogP contribution in [0.15, 0.2) is 23.1 Å². The molecule has 0 aliphatic carbocycles. The number of carbonyl (C=O) groups excluding carboxylic acids is 1. The van der Waals surface area contributed by atoms with E-state index in [-0.39, 0.29) is 23.5 Å². The van der Waals surface area contributed by atoms with Crippen molar-refractivity contribution in [1.82, 2.24) is 15.0 Å². The monoisotopic (exact) mass is 274 g/mol. The number of hydrogen-bond acceptors (Lipinski definition) is 5. The first-order valence-corrected chi connectivity index (χ1v) is 5.97. The molecule has 20 heavy (non-hydrogen) atoms. The molecule has 104 valence electrons. The average molecular weight is 274 g/mol. The van der Waals surface area contributed by atoms with Gasteiger partial charge < -0.3 is 15.4 Å². The molecule has 0 unspecified atom stereocenters. The smallest absolute Gasteiger partial charge is 0.254 e. The first-order valence-electron chi connectivity index (χ1n) is 5.97. The predicted molar refractivity (Wildman–Crippen MR) is 72.6 cm³/mol. The van der Waals surface area contributed by atoms with Crippen molar-refractivity contribution in [2.75, 3.05) is 5.32 Å². The highest BCUT2D eigenvalue weighted by atomic mass is 16.3. The molecular weight excluding hydrogens is 260 g/mol. The van der Waals surface area contributed by atoms with Crippen LogP contribution >= 0.6 is 0 Å². The van der Waals surface area contributed by atoms with E-state index >= 15 is 0 Å². The lowest BCUT2D eigenvalue weighted by Crippen LogP contribution is -2.24. The Morgan fingerprint density at radius 3 is 2.85 bits per heavy atom. The highest BCUT2D eigenvalue weighted by Crippen LogP contribution is 2.18. The number of rotatable bonds is 3. The van der Waals surface area contributed by atoms with E-state index in [1.807, 2.05) is 0 Å². The molecule has 2 aromatic rings. The minimum Gasteiger partial charge on any atom is -0.504 e. The van der Waals surface area contributed by atoms with E-state index in [1.165, 1.54) is 12.3 Å². The SMILES string of the molecule is Cc1nc(C)c(CC(=O)Nc2ncccc2O)c(=O)[nH]1. The van der Waals surface area contributed by atoms with Crippen molar-refractivity contribution in [3.05, 3.63) is 45.8 Å². The summed E-state index contributed by atoms with van der Waals surface area (Å²) in [5, 5.41) is 12.0. The van der Waals surface area contributed by atoms with Gasteiger partial charge in [-0.1, -0.05) is 0 Å². The molecule has 0 aliphatic heterocycles. The van der Waals surface area contributed by atoms with E-state index in [2.05, 4.69) is 20.3 Å². The largest absolute Gasteiger partial charge is 0.504 e. The van der Waals surface area contributed by atoms with Crippen LogP contribution in [0, 0.1) is 13.8 Å². The second-order valence-electron chi connectivity index (χ2n) is 4.31. The second-order valence-corrected chi connectivity index (χ2v) is 4.31. The van der Waals surface area contributed by atoms with Crippen molar-refractivity contribution in [2.45, 2.75) is 20.3 Å². The molecule has 1 amide bonds. The van der Waals surface area contributed by atoms with Crippen molar-refractivity contribution in [2.24, 2.45) is 0 Å². The lowest BCUT2D eigenvalue weighted by Gasteiger charge is -2.07. The zero-order valence-corrected chi connectivity index (χ0v) is 11.1. The van der Waals surface area contributed by atoms with Gasteiger partial charge in [0.2, 0.25) is 5.91 Å². The molecule has 0 saturated carbocycles. The van der Waals surface area contributed by atoms with Gasteiger partial charge in [0.1, 0.15) is 5.82 Å². The molecule has 0 aliphatic rings. The number of carbonyl (C=O) groups is 1. The molecule has 0 saturated heterocycles. The van der Waals surface area contributed by atoms with E-state index in [4.69, 9.17) is 0 Å². The molecular formula is C13H14N4O3. The number of aryl methyl sites for hydroxylation is 2. The quantitative estimate of drug-likeness (QED) is 0.762. The Labute approximate surface area is 114 Å². The molecule has 7 heteroatoms. The lowest BCUT2D eigenvalue weighted by molar-refractivity contribution is -0.115. The van der Waals surface area contributed by atoms with Gasteiger partial charge in [0, 0.05) is 17.5 Å². The molecule has 3 N–H and O–H groups in total. The molecule has 0 radical (unpaired) electrons. The molecule has 2 heterocycles. The number of aromatic nitrogens is 3. The first kappa shape index (κ1) is 13.7. The fourth-order valence-electron chi connectivity index (χ4n) is 1.79. The maximum atomic E-state index is 11.9. The van der Waals surface area contributed by atoms with Crippen molar-refractivity contribution >= 4 is 11.7 Å². The van der Waals surface area contributed by atoms with Gasteiger partial charge in [-0.05, 0) is 26.0 Å². The predicted octanol–water partition coefficient (Wildman–Crippen LogP) is 0.669. The summed E-state index contributed by atoms with van der Waals surface area (Å²) in [6.45, 7) is 3.34. The maximum Gasteiger partial charge on any atom is 0.254 e. The summed E-state index contributed by atoms with van der Waals surface area (Å²) in [5.41, 5.74) is 0.463. The molecule has 0 atom stereocenters. The van der Waals surface area contributed by atoms with Gasteiger partial charge in [0.15, 0.2) is 11.6 Å². The van der Waals surface area contributed by atoms with Crippen molar-refractivity contribution in [3.63, 3.8) is 0 Å². The topological polar surface area (TPSA) is 108 Å². The Morgan fingerprint density at radius 2 is 2.20 bits per heavy atom. The summed E-state index contributed by atoms with van der Waals surface area (Å²) in [7, 11) is 0. The summed E-state index contributed by atoms with van der Waals surface area (Å²) in [6, 6.07) is 2.96. The average Bonchev–Trinajstić information content (AvgIpc) is 2.36. The third-order valence-electron chi connectivity index (χ3n) is 2.72. The standard InChI is InChI=1S/C13H14N4O3/c1-7-9(13(20)16-8(2)15-7)6-11(19)17-12-10(18)4-3-5-14-12/h3-5,18H,6H2,1-2H3,(H,14,17,19)(H,15,16,20). The fourth-order valence-corrected chi connectivity index (χ4v) is 1.79. The van der Waals surface area contributed by atoms with Crippen LogP contribution in [0.3, 0.4) is 0 Å². The Balaban J connectivity index is 2.17. The van der Waals surface area contributed by atoms with E-state index in [1.54, 1.807) is 19.9 Å². The normalized spacial score (nSPS) is 10.3. The summed E-state index contributed by atoms with van der Waals surface area (Å²) in [5.74, 6) is -0.0163. The Morgan fingerprint density at radius 1 is 1.45 bits per heavy atom. The molecule has 0 spiro atoms. The van der Waals surface area contributed by atoms with Gasteiger partial charge >= 0.3 is 0 Å². The summed E-state index contributed by atoms with van der Waals surface area (Å²) < 4.78 is 0. The highest BCUT2D eigenvalue weighted by molar-refractivity contribution is 5.92. The van der Waals surface area contributed by atoms with Gasteiger partial charge in [-0.2, -0.15) is 0 Å². The number of anilines is 1. The summed E-state index contributed by atoms with van der Waals surface area (Å²) >= 11 is 0. The number of pyridine rings is 1. The van der Waals surface area contributed by atoms with Crippen LogP contribution in [0.4, 0.5) is 5.82 Å². The molecule has 2 rings (SSSR count). The summed E-state index contributed by atoms with van der Waals surface area (Å²) in [6.07, 6.45) is 1.31. The Hall–Kier alpha value is -2.70. The van der Waals surface area contributed by atoms with Crippen LogP contribution < -0.4 is 10.9 Å². The number of aromatic amines is 1.